The van der Waals surface area contributed by atoms with Gasteiger partial charge in [0.05, 0.1) is 27.5 Å². The number of para-hydroxylation sites is 1. The number of rotatable bonds is 9. The fourth-order valence-electron chi connectivity index (χ4n) is 3.58. The maximum atomic E-state index is 12.6. The number of carbonyl (C=O) groups is 1. The Bertz CT molecular complexity index is 1500. The van der Waals surface area contributed by atoms with Gasteiger partial charge in [0.15, 0.2) is 5.13 Å². The lowest BCUT2D eigenvalue weighted by Crippen LogP contribution is -2.20. The van der Waals surface area contributed by atoms with Gasteiger partial charge in [-0.25, -0.2) is 19.4 Å². The van der Waals surface area contributed by atoms with Crippen LogP contribution in [-0.4, -0.2) is 32.3 Å². The molecule has 0 fully saturated rings. The molecular weight excluding hydrogens is 522 g/mol. The number of hydrogen-bond acceptors (Lipinski definition) is 7. The zero-order valence-corrected chi connectivity index (χ0v) is 22.0. The monoisotopic (exact) mass is 545 g/mol. The van der Waals surface area contributed by atoms with Crippen LogP contribution in [-0.2, 0) is 0 Å². The summed E-state index contributed by atoms with van der Waals surface area (Å²) in [6.45, 7) is 3.03. The van der Waals surface area contributed by atoms with Gasteiger partial charge in [-0.05, 0) is 60.5 Å². The molecule has 3 aromatic heterocycles. The molecule has 0 radical (unpaired) electrons. The molecular formula is C27H24ClN7O2S. The van der Waals surface area contributed by atoms with E-state index in [0.717, 1.165) is 28.5 Å². The van der Waals surface area contributed by atoms with Crippen molar-refractivity contribution in [3.05, 3.63) is 90.5 Å². The number of urea groups is 1. The van der Waals surface area contributed by atoms with Crippen molar-refractivity contribution in [1.29, 1.82) is 0 Å². The Balaban J connectivity index is 1.18. The predicted octanol–water partition coefficient (Wildman–Crippen LogP) is 7.30. The molecule has 0 saturated carbocycles. The number of aromatic nitrogens is 4. The number of ether oxygens (including phenoxy) is 1. The van der Waals surface area contributed by atoms with Crippen LogP contribution < -0.4 is 20.7 Å². The molecule has 0 unspecified atom stereocenters. The van der Waals surface area contributed by atoms with Crippen LogP contribution >= 0.6 is 22.9 Å². The van der Waals surface area contributed by atoms with E-state index in [0.29, 0.717) is 33.7 Å². The van der Waals surface area contributed by atoms with Crippen LogP contribution in [0.25, 0.3) is 16.1 Å². The first-order valence-corrected chi connectivity index (χ1v) is 13.1. The van der Waals surface area contributed by atoms with Crippen LogP contribution in [0.1, 0.15) is 13.3 Å². The molecule has 3 heterocycles. The first-order valence-electron chi connectivity index (χ1n) is 11.9. The highest BCUT2D eigenvalue weighted by molar-refractivity contribution is 7.18. The molecule has 38 heavy (non-hydrogen) atoms. The third-order valence-electron chi connectivity index (χ3n) is 5.36. The molecule has 0 atom stereocenters. The standard InChI is InChI=1S/C27H24ClN7O2S/c1-2-13-29-27-31-17-23(38-27)18-7-10-20(11-8-18)37-24-12-9-19(16-30-24)33-26(36)34-22-6-3-5-21(28)25(22)35-15-4-14-32-35/h3-12,14-17H,2,13H2,1H3,(H,29,31)(H2,33,34,36). The summed E-state index contributed by atoms with van der Waals surface area (Å²) >= 11 is 7.96. The van der Waals surface area contributed by atoms with Crippen LogP contribution in [0.4, 0.5) is 21.3 Å². The van der Waals surface area contributed by atoms with Gasteiger partial charge in [0.1, 0.15) is 11.4 Å². The number of hydrogen-bond donors (Lipinski definition) is 3. The molecule has 0 bridgehead atoms. The topological polar surface area (TPSA) is 106 Å². The average Bonchev–Trinajstić information content (AvgIpc) is 3.62. The van der Waals surface area contributed by atoms with Crippen molar-refractivity contribution in [2.24, 2.45) is 0 Å². The molecule has 3 N–H and O–H groups in total. The third kappa shape index (κ3) is 6.10. The summed E-state index contributed by atoms with van der Waals surface area (Å²) in [6.07, 6.45) is 7.84. The summed E-state index contributed by atoms with van der Waals surface area (Å²) < 4.78 is 7.46. The number of anilines is 3. The van der Waals surface area contributed by atoms with Gasteiger partial charge >= 0.3 is 6.03 Å². The SMILES string of the molecule is CCCNc1ncc(-c2ccc(Oc3ccc(NC(=O)Nc4cccc(Cl)c4-n4cccn4)cn3)cc2)s1. The lowest BCUT2D eigenvalue weighted by molar-refractivity contribution is 0.262. The number of amides is 2. The molecule has 0 aliphatic carbocycles. The van der Waals surface area contributed by atoms with Gasteiger partial charge in [0.25, 0.3) is 0 Å². The Morgan fingerprint density at radius 3 is 2.63 bits per heavy atom. The average molecular weight is 546 g/mol. The fourth-order valence-corrected chi connectivity index (χ4v) is 4.69. The zero-order chi connectivity index (χ0) is 26.3. The largest absolute Gasteiger partial charge is 0.439 e. The molecule has 2 amide bonds. The van der Waals surface area contributed by atoms with Crippen molar-refractivity contribution in [2.45, 2.75) is 13.3 Å². The van der Waals surface area contributed by atoms with Crippen molar-refractivity contribution >= 4 is 45.5 Å². The van der Waals surface area contributed by atoms with Crippen molar-refractivity contribution in [3.63, 3.8) is 0 Å². The minimum Gasteiger partial charge on any atom is -0.439 e. The van der Waals surface area contributed by atoms with Crippen molar-refractivity contribution in [1.82, 2.24) is 19.7 Å². The summed E-state index contributed by atoms with van der Waals surface area (Å²) in [7, 11) is 0. The van der Waals surface area contributed by atoms with E-state index in [1.807, 2.05) is 30.5 Å². The first kappa shape index (κ1) is 25.2. The van der Waals surface area contributed by atoms with E-state index < -0.39 is 6.03 Å². The van der Waals surface area contributed by atoms with Crippen LogP contribution in [0.5, 0.6) is 11.6 Å². The quantitative estimate of drug-likeness (QED) is 0.179. The number of benzene rings is 2. The van der Waals surface area contributed by atoms with Crippen molar-refractivity contribution in [2.75, 3.05) is 22.5 Å². The van der Waals surface area contributed by atoms with Crippen LogP contribution in [0.15, 0.2) is 85.5 Å². The summed E-state index contributed by atoms with van der Waals surface area (Å²) in [5.41, 5.74) is 2.66. The number of thiazole rings is 1. The second-order valence-corrected chi connectivity index (χ2v) is 9.57. The van der Waals surface area contributed by atoms with E-state index in [2.05, 4.69) is 37.9 Å². The Morgan fingerprint density at radius 1 is 1.03 bits per heavy atom. The second kappa shape index (κ2) is 11.8. The van der Waals surface area contributed by atoms with E-state index in [-0.39, 0.29) is 0 Å². The minimum absolute atomic E-state index is 0.406. The maximum Gasteiger partial charge on any atom is 0.323 e. The van der Waals surface area contributed by atoms with Gasteiger partial charge in [-0.1, -0.05) is 35.9 Å². The highest BCUT2D eigenvalue weighted by Gasteiger charge is 2.13. The highest BCUT2D eigenvalue weighted by atomic mass is 35.5. The smallest absolute Gasteiger partial charge is 0.323 e. The molecule has 5 aromatic rings. The lowest BCUT2D eigenvalue weighted by Gasteiger charge is -2.13. The van der Waals surface area contributed by atoms with E-state index >= 15 is 0 Å². The molecule has 2 aromatic carbocycles. The number of halogens is 1. The van der Waals surface area contributed by atoms with Gasteiger partial charge in [0, 0.05) is 31.2 Å². The summed E-state index contributed by atoms with van der Waals surface area (Å²) in [4.78, 5) is 22.4. The zero-order valence-electron chi connectivity index (χ0n) is 20.4. The molecule has 0 spiro atoms. The Morgan fingerprint density at radius 2 is 1.89 bits per heavy atom. The van der Waals surface area contributed by atoms with Crippen LogP contribution in [0.2, 0.25) is 5.02 Å². The number of nitrogens with zero attached hydrogens (tertiary/aromatic N) is 4. The predicted molar refractivity (Wildman–Crippen MR) is 152 cm³/mol. The summed E-state index contributed by atoms with van der Waals surface area (Å²) in [6, 6.07) is 17.7. The van der Waals surface area contributed by atoms with E-state index in [1.165, 1.54) is 6.20 Å². The Labute approximate surface area is 228 Å². The van der Waals surface area contributed by atoms with Gasteiger partial charge in [0.2, 0.25) is 5.88 Å². The minimum atomic E-state index is -0.442. The van der Waals surface area contributed by atoms with Gasteiger partial charge < -0.3 is 20.7 Å². The molecule has 0 aliphatic heterocycles. The van der Waals surface area contributed by atoms with Gasteiger partial charge in [-0.3, -0.25) is 0 Å². The number of carbonyl (C=O) groups excluding carboxylic acids is 1. The van der Waals surface area contributed by atoms with Crippen molar-refractivity contribution < 1.29 is 9.53 Å². The van der Waals surface area contributed by atoms with Gasteiger partial charge in [-0.15, -0.1) is 0 Å². The van der Waals surface area contributed by atoms with E-state index in [4.69, 9.17) is 16.3 Å². The molecule has 5 rings (SSSR count). The van der Waals surface area contributed by atoms with Crippen molar-refractivity contribution in [3.8, 4) is 27.8 Å². The van der Waals surface area contributed by atoms with Crippen LogP contribution in [0.3, 0.4) is 0 Å². The summed E-state index contributed by atoms with van der Waals surface area (Å²) in [5.74, 6) is 1.06. The second-order valence-electron chi connectivity index (χ2n) is 8.13. The highest BCUT2D eigenvalue weighted by Crippen LogP contribution is 2.31. The van der Waals surface area contributed by atoms with E-state index in [9.17, 15) is 4.79 Å². The molecule has 9 nitrogen and oxygen atoms in total. The number of nitrogens with one attached hydrogen (secondary N) is 3. The molecule has 0 aliphatic rings. The van der Waals surface area contributed by atoms with Crippen LogP contribution in [0, 0.1) is 0 Å². The first-order chi connectivity index (χ1) is 18.6. The molecule has 0 saturated heterocycles. The number of pyridine rings is 1. The normalized spacial score (nSPS) is 10.7. The third-order valence-corrected chi connectivity index (χ3v) is 6.66. The summed E-state index contributed by atoms with van der Waals surface area (Å²) in [5, 5.41) is 14.5. The fraction of sp³-hybridized carbons (Fsp3) is 0.111. The molecule has 11 heteroatoms. The lowest BCUT2D eigenvalue weighted by atomic mass is 10.2. The Kier molecular flexibility index (Phi) is 7.81. The Hall–Kier alpha value is -4.41. The van der Waals surface area contributed by atoms with Gasteiger partial charge in [-0.2, -0.15) is 5.10 Å². The van der Waals surface area contributed by atoms with E-state index in [1.54, 1.807) is 64.8 Å². The molecule has 192 valence electrons. The maximum absolute atomic E-state index is 12.6.